The van der Waals surface area contributed by atoms with Gasteiger partial charge in [-0.25, -0.2) is 0 Å². The van der Waals surface area contributed by atoms with Gasteiger partial charge in [-0.3, -0.25) is 0 Å². The maximum absolute atomic E-state index is 5.25. The third-order valence-corrected chi connectivity index (χ3v) is 0.984. The van der Waals surface area contributed by atoms with Crippen molar-refractivity contribution in [2.75, 3.05) is 13.2 Å². The van der Waals surface area contributed by atoms with Gasteiger partial charge in [-0.05, 0) is 27.7 Å². The van der Waals surface area contributed by atoms with Crippen LogP contribution in [0, 0.1) is 0 Å². The van der Waals surface area contributed by atoms with Gasteiger partial charge in [0.1, 0.15) is 0 Å². The van der Waals surface area contributed by atoms with Crippen molar-refractivity contribution < 1.29 is 9.47 Å². The van der Waals surface area contributed by atoms with Crippen molar-refractivity contribution in [3.63, 3.8) is 0 Å². The fourth-order valence-corrected chi connectivity index (χ4v) is 0.737. The predicted octanol–water partition coefficient (Wildman–Crippen LogP) is 2.82. The standard InChI is InChI=1S/C7H16O2.C2H6/c1-5-8-7(3,4)9-6-2;1-2/h5-6H2,1-4H3;1-2H3. The van der Waals surface area contributed by atoms with E-state index in [9.17, 15) is 0 Å². The van der Waals surface area contributed by atoms with Crippen LogP contribution in [0.4, 0.5) is 0 Å². The molecule has 0 radical (unpaired) electrons. The van der Waals surface area contributed by atoms with Crippen molar-refractivity contribution in [1.82, 2.24) is 0 Å². The van der Waals surface area contributed by atoms with Crippen LogP contribution in [0.2, 0.25) is 0 Å². The van der Waals surface area contributed by atoms with Gasteiger partial charge in [-0.1, -0.05) is 13.8 Å². The molecule has 0 fully saturated rings. The Hall–Kier alpha value is -0.0800. The first-order valence-corrected chi connectivity index (χ1v) is 4.40. The zero-order valence-corrected chi connectivity index (χ0v) is 8.73. The van der Waals surface area contributed by atoms with Crippen LogP contribution in [0.25, 0.3) is 0 Å². The van der Waals surface area contributed by atoms with Crippen molar-refractivity contribution >= 4 is 0 Å². The molecular weight excluding hydrogens is 140 g/mol. The van der Waals surface area contributed by atoms with Gasteiger partial charge in [0.15, 0.2) is 5.79 Å². The fraction of sp³-hybridized carbons (Fsp3) is 1.00. The highest BCUT2D eigenvalue weighted by Gasteiger charge is 2.15. The van der Waals surface area contributed by atoms with Gasteiger partial charge in [0.2, 0.25) is 0 Å². The van der Waals surface area contributed by atoms with Gasteiger partial charge in [0.25, 0.3) is 0 Å². The van der Waals surface area contributed by atoms with E-state index < -0.39 is 5.79 Å². The molecule has 2 heteroatoms. The lowest BCUT2D eigenvalue weighted by atomic mass is 10.4. The topological polar surface area (TPSA) is 18.5 Å². The molecule has 2 nitrogen and oxygen atoms in total. The summed E-state index contributed by atoms with van der Waals surface area (Å²) in [6.07, 6.45) is 0. The third kappa shape index (κ3) is 9.92. The third-order valence-electron chi connectivity index (χ3n) is 0.984. The number of hydrogen-bond donors (Lipinski definition) is 0. The molecule has 0 bridgehead atoms. The van der Waals surface area contributed by atoms with E-state index in [-0.39, 0.29) is 0 Å². The van der Waals surface area contributed by atoms with Crippen LogP contribution in [0.3, 0.4) is 0 Å². The molecule has 11 heavy (non-hydrogen) atoms. The molecule has 0 aliphatic rings. The minimum atomic E-state index is -0.399. The van der Waals surface area contributed by atoms with Crippen LogP contribution >= 0.6 is 0 Å². The average molecular weight is 162 g/mol. The Labute approximate surface area is 70.9 Å². The molecule has 0 aliphatic carbocycles. The Morgan fingerprint density at radius 2 is 1.18 bits per heavy atom. The minimum absolute atomic E-state index is 0.399. The smallest absolute Gasteiger partial charge is 0.162 e. The van der Waals surface area contributed by atoms with Crippen LogP contribution < -0.4 is 0 Å². The van der Waals surface area contributed by atoms with Crippen molar-refractivity contribution in [3.8, 4) is 0 Å². The molecule has 0 spiro atoms. The highest BCUT2D eigenvalue weighted by atomic mass is 16.7. The highest BCUT2D eigenvalue weighted by molar-refractivity contribution is 4.50. The molecule has 0 aromatic carbocycles. The molecule has 0 N–H and O–H groups in total. The lowest BCUT2D eigenvalue weighted by molar-refractivity contribution is -0.207. The van der Waals surface area contributed by atoms with E-state index in [1.165, 1.54) is 0 Å². The average Bonchev–Trinajstić information content (AvgIpc) is 1.91. The molecule has 0 aliphatic heterocycles. The summed E-state index contributed by atoms with van der Waals surface area (Å²) in [5, 5.41) is 0. The Morgan fingerprint density at radius 3 is 1.36 bits per heavy atom. The number of ether oxygens (including phenoxy) is 2. The van der Waals surface area contributed by atoms with E-state index in [0.717, 1.165) is 0 Å². The number of rotatable bonds is 4. The molecule has 0 aromatic rings. The Balaban J connectivity index is 0. The SMILES string of the molecule is CC.CCOC(C)(C)OCC. The van der Waals surface area contributed by atoms with Crippen LogP contribution in [0.5, 0.6) is 0 Å². The monoisotopic (exact) mass is 162 g/mol. The van der Waals surface area contributed by atoms with E-state index in [1.807, 2.05) is 41.5 Å². The van der Waals surface area contributed by atoms with Gasteiger partial charge >= 0.3 is 0 Å². The normalized spacial score (nSPS) is 10.4. The molecule has 0 unspecified atom stereocenters. The Bertz CT molecular complexity index is 62.0. The van der Waals surface area contributed by atoms with Crippen molar-refractivity contribution in [1.29, 1.82) is 0 Å². The highest BCUT2D eigenvalue weighted by Crippen LogP contribution is 2.09. The second-order valence-electron chi connectivity index (χ2n) is 2.27. The maximum Gasteiger partial charge on any atom is 0.162 e. The Morgan fingerprint density at radius 1 is 0.909 bits per heavy atom. The molecule has 70 valence electrons. The van der Waals surface area contributed by atoms with Crippen molar-refractivity contribution in [3.05, 3.63) is 0 Å². The predicted molar refractivity (Wildman–Crippen MR) is 48.7 cm³/mol. The summed E-state index contributed by atoms with van der Waals surface area (Å²) < 4.78 is 10.5. The van der Waals surface area contributed by atoms with Gasteiger partial charge in [0, 0.05) is 13.2 Å². The first-order chi connectivity index (χ1) is 5.12. The van der Waals surface area contributed by atoms with Crippen molar-refractivity contribution in [2.24, 2.45) is 0 Å². The summed E-state index contributed by atoms with van der Waals surface area (Å²) in [4.78, 5) is 0. The summed E-state index contributed by atoms with van der Waals surface area (Å²) in [6.45, 7) is 13.2. The second-order valence-corrected chi connectivity index (χ2v) is 2.27. The largest absolute Gasteiger partial charge is 0.351 e. The first-order valence-electron chi connectivity index (χ1n) is 4.40. The molecular formula is C9H22O2. The number of hydrogen-bond acceptors (Lipinski definition) is 2. The van der Waals surface area contributed by atoms with Gasteiger partial charge in [0.05, 0.1) is 0 Å². The Kier molecular flexibility index (Phi) is 9.85. The van der Waals surface area contributed by atoms with Crippen LogP contribution in [-0.4, -0.2) is 19.0 Å². The summed E-state index contributed by atoms with van der Waals surface area (Å²) in [7, 11) is 0. The van der Waals surface area contributed by atoms with Crippen LogP contribution in [0.15, 0.2) is 0 Å². The summed E-state index contributed by atoms with van der Waals surface area (Å²) >= 11 is 0. The molecule has 0 saturated heterocycles. The lowest BCUT2D eigenvalue weighted by Crippen LogP contribution is -2.28. The maximum atomic E-state index is 5.25. The quantitative estimate of drug-likeness (QED) is 0.592. The van der Waals surface area contributed by atoms with E-state index in [4.69, 9.17) is 9.47 Å². The fourth-order valence-electron chi connectivity index (χ4n) is 0.737. The molecule has 0 heterocycles. The first kappa shape index (κ1) is 13.5. The van der Waals surface area contributed by atoms with E-state index in [0.29, 0.717) is 13.2 Å². The molecule has 0 atom stereocenters. The lowest BCUT2D eigenvalue weighted by Gasteiger charge is -2.23. The zero-order chi connectivity index (χ0) is 9.33. The summed E-state index contributed by atoms with van der Waals surface area (Å²) in [5.74, 6) is -0.399. The van der Waals surface area contributed by atoms with Crippen LogP contribution in [0.1, 0.15) is 41.5 Å². The van der Waals surface area contributed by atoms with Crippen LogP contribution in [-0.2, 0) is 9.47 Å². The van der Waals surface area contributed by atoms with Gasteiger partial charge < -0.3 is 9.47 Å². The van der Waals surface area contributed by atoms with Gasteiger partial charge in [-0.15, -0.1) is 0 Å². The second kappa shape index (κ2) is 8.02. The minimum Gasteiger partial charge on any atom is -0.351 e. The van der Waals surface area contributed by atoms with E-state index in [1.54, 1.807) is 0 Å². The molecule has 0 aromatic heterocycles. The molecule has 0 saturated carbocycles. The summed E-state index contributed by atoms with van der Waals surface area (Å²) in [5.41, 5.74) is 0. The van der Waals surface area contributed by atoms with Crippen molar-refractivity contribution in [2.45, 2.75) is 47.3 Å². The van der Waals surface area contributed by atoms with Gasteiger partial charge in [-0.2, -0.15) is 0 Å². The summed E-state index contributed by atoms with van der Waals surface area (Å²) in [6, 6.07) is 0. The molecule has 0 amide bonds. The van der Waals surface area contributed by atoms with E-state index in [2.05, 4.69) is 0 Å². The molecule has 0 rings (SSSR count). The zero-order valence-electron chi connectivity index (χ0n) is 8.73. The van der Waals surface area contributed by atoms with E-state index >= 15 is 0 Å².